The molecule has 1 aromatic heterocycles. The van der Waals surface area contributed by atoms with Crippen molar-refractivity contribution < 1.29 is 13.2 Å². The fourth-order valence-corrected chi connectivity index (χ4v) is 1.18. The molecule has 0 aliphatic carbocycles. The summed E-state index contributed by atoms with van der Waals surface area (Å²) in [5.41, 5.74) is 5.99. The number of rotatable bonds is 2. The summed E-state index contributed by atoms with van der Waals surface area (Å²) in [5, 5.41) is 0. The van der Waals surface area contributed by atoms with Crippen molar-refractivity contribution in [2.45, 2.75) is 25.7 Å². The lowest BCUT2D eigenvalue weighted by Crippen LogP contribution is -2.21. The Morgan fingerprint density at radius 1 is 1.54 bits per heavy atom. The van der Waals surface area contributed by atoms with Gasteiger partial charge in [0.2, 0.25) is 0 Å². The number of alkyl halides is 3. The zero-order valence-corrected chi connectivity index (χ0v) is 7.17. The normalized spacial score (nSPS) is 14.5. The van der Waals surface area contributed by atoms with Crippen molar-refractivity contribution in [2.24, 2.45) is 5.73 Å². The van der Waals surface area contributed by atoms with Gasteiger partial charge in [-0.3, -0.25) is 0 Å². The van der Waals surface area contributed by atoms with E-state index in [4.69, 9.17) is 5.73 Å². The summed E-state index contributed by atoms with van der Waals surface area (Å²) in [7, 11) is 0. The second-order valence-electron chi connectivity index (χ2n) is 2.96. The van der Waals surface area contributed by atoms with Gasteiger partial charge in [-0.15, -0.1) is 0 Å². The standard InChI is InChI=1S/C8H11F3N2/c1-6(12)7-3-2-4-13(7)5-8(9,10)11/h2-4,6H,5,12H2,1H3. The van der Waals surface area contributed by atoms with Crippen LogP contribution < -0.4 is 5.73 Å². The number of nitrogens with zero attached hydrogens (tertiary/aromatic N) is 1. The van der Waals surface area contributed by atoms with Crippen LogP contribution in [0.1, 0.15) is 18.7 Å². The highest BCUT2D eigenvalue weighted by molar-refractivity contribution is 5.10. The van der Waals surface area contributed by atoms with Crippen LogP contribution in [-0.4, -0.2) is 10.7 Å². The molecule has 0 fully saturated rings. The Morgan fingerprint density at radius 3 is 2.62 bits per heavy atom. The van der Waals surface area contributed by atoms with Gasteiger partial charge < -0.3 is 10.3 Å². The quantitative estimate of drug-likeness (QED) is 0.764. The molecule has 0 aliphatic rings. The van der Waals surface area contributed by atoms with Gasteiger partial charge in [0.1, 0.15) is 6.54 Å². The molecule has 0 bridgehead atoms. The molecule has 1 rings (SSSR count). The van der Waals surface area contributed by atoms with E-state index in [1.165, 1.54) is 6.20 Å². The van der Waals surface area contributed by atoms with Crippen molar-refractivity contribution >= 4 is 0 Å². The fraction of sp³-hybridized carbons (Fsp3) is 0.500. The SMILES string of the molecule is CC(N)c1cccn1CC(F)(F)F. The molecule has 0 saturated carbocycles. The molecule has 0 amide bonds. The summed E-state index contributed by atoms with van der Waals surface area (Å²) in [6.07, 6.45) is -2.81. The maximum absolute atomic E-state index is 12.0. The Morgan fingerprint density at radius 2 is 2.15 bits per heavy atom. The van der Waals surface area contributed by atoms with Crippen molar-refractivity contribution in [1.82, 2.24) is 4.57 Å². The van der Waals surface area contributed by atoms with E-state index in [9.17, 15) is 13.2 Å². The highest BCUT2D eigenvalue weighted by Crippen LogP contribution is 2.20. The number of halogens is 3. The molecule has 5 heteroatoms. The third-order valence-corrected chi connectivity index (χ3v) is 1.68. The maximum atomic E-state index is 12.0. The molecule has 1 aromatic rings. The van der Waals surface area contributed by atoms with Crippen LogP contribution in [0.2, 0.25) is 0 Å². The van der Waals surface area contributed by atoms with Gasteiger partial charge in [-0.25, -0.2) is 0 Å². The van der Waals surface area contributed by atoms with E-state index in [2.05, 4.69) is 0 Å². The zero-order chi connectivity index (χ0) is 10.1. The molecule has 1 heterocycles. The second kappa shape index (κ2) is 3.41. The van der Waals surface area contributed by atoms with Crippen LogP contribution in [0.25, 0.3) is 0 Å². The molecule has 2 N–H and O–H groups in total. The van der Waals surface area contributed by atoms with Crippen LogP contribution in [0.3, 0.4) is 0 Å². The summed E-state index contributed by atoms with van der Waals surface area (Å²) in [6, 6.07) is 2.78. The van der Waals surface area contributed by atoms with Crippen molar-refractivity contribution in [1.29, 1.82) is 0 Å². The van der Waals surface area contributed by atoms with Gasteiger partial charge in [0.05, 0.1) is 0 Å². The second-order valence-corrected chi connectivity index (χ2v) is 2.96. The van der Waals surface area contributed by atoms with E-state index in [0.29, 0.717) is 5.69 Å². The minimum absolute atomic E-state index is 0.377. The molecule has 0 saturated heterocycles. The number of aromatic nitrogens is 1. The lowest BCUT2D eigenvalue weighted by molar-refractivity contribution is -0.141. The summed E-state index contributed by atoms with van der Waals surface area (Å²) in [6.45, 7) is 0.680. The highest BCUT2D eigenvalue weighted by atomic mass is 19.4. The molecular formula is C8H11F3N2. The van der Waals surface area contributed by atoms with Crippen molar-refractivity contribution in [3.8, 4) is 0 Å². The van der Waals surface area contributed by atoms with E-state index in [1.54, 1.807) is 19.1 Å². The first-order chi connectivity index (χ1) is 5.90. The van der Waals surface area contributed by atoms with E-state index >= 15 is 0 Å². The summed E-state index contributed by atoms with van der Waals surface area (Å²) >= 11 is 0. The van der Waals surface area contributed by atoms with E-state index in [1.807, 2.05) is 0 Å². The average Bonchev–Trinajstić information content (AvgIpc) is 2.31. The van der Waals surface area contributed by atoms with Crippen molar-refractivity contribution in [3.63, 3.8) is 0 Å². The lowest BCUT2D eigenvalue weighted by Gasteiger charge is -2.13. The summed E-state index contributed by atoms with van der Waals surface area (Å²) in [4.78, 5) is 0. The van der Waals surface area contributed by atoms with Crippen LogP contribution in [-0.2, 0) is 6.54 Å². The van der Waals surface area contributed by atoms with Gasteiger partial charge in [-0.05, 0) is 19.1 Å². The van der Waals surface area contributed by atoms with Gasteiger partial charge in [0.25, 0.3) is 0 Å². The Balaban J connectivity index is 2.83. The number of nitrogens with two attached hydrogens (primary N) is 1. The average molecular weight is 192 g/mol. The Bertz CT molecular complexity index is 275. The first-order valence-electron chi connectivity index (χ1n) is 3.87. The molecule has 13 heavy (non-hydrogen) atoms. The van der Waals surface area contributed by atoms with Crippen LogP contribution in [0.15, 0.2) is 18.3 Å². The fourth-order valence-electron chi connectivity index (χ4n) is 1.18. The lowest BCUT2D eigenvalue weighted by atomic mass is 10.2. The van der Waals surface area contributed by atoms with Crippen molar-refractivity contribution in [2.75, 3.05) is 0 Å². The van der Waals surface area contributed by atoms with Gasteiger partial charge >= 0.3 is 6.18 Å². The third kappa shape index (κ3) is 2.77. The summed E-state index contributed by atoms with van der Waals surface area (Å²) < 4.78 is 37.1. The van der Waals surface area contributed by atoms with E-state index in [0.717, 1.165) is 4.57 Å². The Kier molecular flexibility index (Phi) is 2.66. The Hall–Kier alpha value is -0.970. The van der Waals surface area contributed by atoms with Crippen LogP contribution in [0.5, 0.6) is 0 Å². The van der Waals surface area contributed by atoms with E-state index in [-0.39, 0.29) is 6.04 Å². The molecular weight excluding hydrogens is 181 g/mol. The molecule has 0 aromatic carbocycles. The minimum atomic E-state index is -4.19. The van der Waals surface area contributed by atoms with Crippen molar-refractivity contribution in [3.05, 3.63) is 24.0 Å². The van der Waals surface area contributed by atoms with E-state index < -0.39 is 12.7 Å². The number of hydrogen-bond acceptors (Lipinski definition) is 1. The summed E-state index contributed by atoms with van der Waals surface area (Å²) in [5.74, 6) is 0. The molecule has 1 atom stereocenters. The topological polar surface area (TPSA) is 30.9 Å². The van der Waals surface area contributed by atoms with Crippen LogP contribution >= 0.6 is 0 Å². The molecule has 74 valence electrons. The highest BCUT2D eigenvalue weighted by Gasteiger charge is 2.28. The molecule has 0 aliphatic heterocycles. The predicted octanol–water partition coefficient (Wildman–Crippen LogP) is 2.07. The molecule has 0 spiro atoms. The third-order valence-electron chi connectivity index (χ3n) is 1.68. The first kappa shape index (κ1) is 10.1. The van der Waals surface area contributed by atoms with Gasteiger partial charge in [-0.1, -0.05) is 0 Å². The molecule has 0 radical (unpaired) electrons. The predicted molar refractivity (Wildman–Crippen MR) is 43.1 cm³/mol. The van der Waals surface area contributed by atoms with Gasteiger partial charge in [0.15, 0.2) is 0 Å². The van der Waals surface area contributed by atoms with Gasteiger partial charge in [0, 0.05) is 17.9 Å². The molecule has 1 unspecified atom stereocenters. The molecule has 2 nitrogen and oxygen atoms in total. The first-order valence-corrected chi connectivity index (χ1v) is 3.87. The zero-order valence-electron chi connectivity index (χ0n) is 7.17. The Labute approximate surface area is 74.1 Å². The van der Waals surface area contributed by atoms with Crippen LogP contribution in [0, 0.1) is 0 Å². The minimum Gasteiger partial charge on any atom is -0.341 e. The monoisotopic (exact) mass is 192 g/mol. The number of hydrogen-bond donors (Lipinski definition) is 1. The maximum Gasteiger partial charge on any atom is 0.406 e. The van der Waals surface area contributed by atoms with Crippen LogP contribution in [0.4, 0.5) is 13.2 Å². The van der Waals surface area contributed by atoms with Gasteiger partial charge in [-0.2, -0.15) is 13.2 Å². The largest absolute Gasteiger partial charge is 0.406 e. The smallest absolute Gasteiger partial charge is 0.341 e.